The van der Waals surface area contributed by atoms with Crippen molar-refractivity contribution in [2.75, 3.05) is 37.5 Å². The van der Waals surface area contributed by atoms with Crippen LogP contribution < -0.4 is 19.7 Å². The van der Waals surface area contributed by atoms with E-state index in [-0.39, 0.29) is 0 Å². The Labute approximate surface area is 152 Å². The van der Waals surface area contributed by atoms with Crippen molar-refractivity contribution in [3.8, 4) is 11.5 Å². The zero-order valence-electron chi connectivity index (χ0n) is 14.5. The third-order valence-corrected chi connectivity index (χ3v) is 4.47. The van der Waals surface area contributed by atoms with Crippen molar-refractivity contribution in [3.63, 3.8) is 0 Å². The Kier molecular flexibility index (Phi) is 5.75. The van der Waals surface area contributed by atoms with Crippen LogP contribution in [0.5, 0.6) is 11.5 Å². The van der Waals surface area contributed by atoms with Gasteiger partial charge in [-0.05, 0) is 12.8 Å². The van der Waals surface area contributed by atoms with Gasteiger partial charge in [-0.2, -0.15) is 10.1 Å². The molecule has 0 amide bonds. The summed E-state index contributed by atoms with van der Waals surface area (Å²) in [6, 6.07) is 3.47. The fourth-order valence-corrected chi connectivity index (χ4v) is 3.09. The Morgan fingerprint density at radius 2 is 1.76 bits per heavy atom. The first-order valence-electron chi connectivity index (χ1n) is 8.34. The summed E-state index contributed by atoms with van der Waals surface area (Å²) in [5, 5.41) is 12.0. The molecule has 1 fully saturated rings. The van der Waals surface area contributed by atoms with E-state index >= 15 is 0 Å². The molecule has 7 nitrogen and oxygen atoms in total. The number of nitrogens with one attached hydrogen (secondary N) is 1. The summed E-state index contributed by atoms with van der Waals surface area (Å²) in [5.74, 6) is 2.39. The normalized spacial score (nSPS) is 14.8. The van der Waals surface area contributed by atoms with Crippen LogP contribution >= 0.6 is 11.6 Å². The Morgan fingerprint density at radius 3 is 2.44 bits per heavy atom. The molecule has 0 unspecified atom stereocenters. The van der Waals surface area contributed by atoms with Crippen LogP contribution in [-0.2, 0) is 0 Å². The molecule has 1 saturated heterocycles. The van der Waals surface area contributed by atoms with Crippen molar-refractivity contribution >= 4 is 29.1 Å². The van der Waals surface area contributed by atoms with Gasteiger partial charge in [0.15, 0.2) is 5.82 Å². The lowest BCUT2D eigenvalue weighted by molar-refractivity contribution is 0.405. The Hall–Kier alpha value is -2.28. The van der Waals surface area contributed by atoms with Gasteiger partial charge in [-0.1, -0.05) is 24.4 Å². The highest BCUT2D eigenvalue weighted by molar-refractivity contribution is 6.32. The number of hydrogen-bond acceptors (Lipinski definition) is 7. The zero-order chi connectivity index (χ0) is 17.6. The highest BCUT2D eigenvalue weighted by atomic mass is 35.5. The predicted molar refractivity (Wildman–Crippen MR) is 98.3 cm³/mol. The summed E-state index contributed by atoms with van der Waals surface area (Å²) in [6.45, 7) is 1.92. The molecular formula is C17H22ClN5O2. The largest absolute Gasteiger partial charge is 0.495 e. The topological polar surface area (TPSA) is 72.4 Å². The van der Waals surface area contributed by atoms with E-state index in [0.717, 1.165) is 25.9 Å². The minimum Gasteiger partial charge on any atom is -0.495 e. The van der Waals surface area contributed by atoms with Crippen molar-refractivity contribution in [2.24, 2.45) is 0 Å². The molecule has 3 rings (SSSR count). The van der Waals surface area contributed by atoms with Crippen LogP contribution in [-0.4, -0.2) is 42.5 Å². The minimum absolute atomic E-state index is 0.482. The molecule has 1 aliphatic rings. The first-order valence-corrected chi connectivity index (χ1v) is 8.72. The van der Waals surface area contributed by atoms with Crippen LogP contribution in [0, 0.1) is 0 Å². The molecule has 134 valence electrons. The summed E-state index contributed by atoms with van der Waals surface area (Å²) < 4.78 is 10.7. The van der Waals surface area contributed by atoms with E-state index in [1.165, 1.54) is 12.8 Å². The maximum Gasteiger partial charge on any atom is 0.247 e. The van der Waals surface area contributed by atoms with Crippen molar-refractivity contribution < 1.29 is 9.47 Å². The van der Waals surface area contributed by atoms with Crippen molar-refractivity contribution in [2.45, 2.75) is 25.7 Å². The summed E-state index contributed by atoms with van der Waals surface area (Å²) in [7, 11) is 3.16. The highest BCUT2D eigenvalue weighted by Crippen LogP contribution is 2.37. The summed E-state index contributed by atoms with van der Waals surface area (Å²) in [5.41, 5.74) is 0.700. The zero-order valence-corrected chi connectivity index (χ0v) is 15.2. The highest BCUT2D eigenvalue weighted by Gasteiger charge is 2.15. The fourth-order valence-electron chi connectivity index (χ4n) is 2.86. The van der Waals surface area contributed by atoms with Gasteiger partial charge in [0.25, 0.3) is 0 Å². The average Bonchev–Trinajstić information content (AvgIpc) is 2.92. The molecule has 1 N–H and O–H groups in total. The maximum atomic E-state index is 6.15. The molecule has 8 heteroatoms. The van der Waals surface area contributed by atoms with E-state index in [1.54, 1.807) is 32.5 Å². The van der Waals surface area contributed by atoms with Gasteiger partial charge in [-0.3, -0.25) is 0 Å². The Morgan fingerprint density at radius 1 is 1.04 bits per heavy atom. The molecule has 2 aromatic rings. The van der Waals surface area contributed by atoms with Gasteiger partial charge in [-0.25, -0.2) is 0 Å². The SMILES string of the molecule is COc1cc(Nc2cnnc(N3CCCCCC3)n2)c(OC)cc1Cl. The number of anilines is 3. The molecule has 0 saturated carbocycles. The molecular weight excluding hydrogens is 342 g/mol. The van der Waals surface area contributed by atoms with Gasteiger partial charge < -0.3 is 19.7 Å². The lowest BCUT2D eigenvalue weighted by Crippen LogP contribution is -2.26. The predicted octanol–water partition coefficient (Wildman–Crippen LogP) is 3.67. The molecule has 0 spiro atoms. The standard InChI is InChI=1S/C17H22ClN5O2/c1-24-14-10-13(15(25-2)9-12(14)18)20-16-11-19-22-17(21-16)23-7-5-3-4-6-8-23/h9-11H,3-8H2,1-2H3,(H,20,21,22). The maximum absolute atomic E-state index is 6.15. The lowest BCUT2D eigenvalue weighted by Gasteiger charge is -2.20. The number of hydrogen-bond donors (Lipinski definition) is 1. The molecule has 0 radical (unpaired) electrons. The molecule has 0 bridgehead atoms. The first kappa shape index (κ1) is 17.5. The number of methoxy groups -OCH3 is 2. The fraction of sp³-hybridized carbons (Fsp3) is 0.471. The van der Waals surface area contributed by atoms with Crippen LogP contribution in [0.2, 0.25) is 5.02 Å². The summed E-state index contributed by atoms with van der Waals surface area (Å²) >= 11 is 6.15. The minimum atomic E-state index is 0.482. The van der Waals surface area contributed by atoms with Crippen molar-refractivity contribution in [1.82, 2.24) is 15.2 Å². The number of nitrogens with zero attached hydrogens (tertiary/aromatic N) is 4. The monoisotopic (exact) mass is 363 g/mol. The van der Waals surface area contributed by atoms with E-state index in [0.29, 0.717) is 34.0 Å². The van der Waals surface area contributed by atoms with Gasteiger partial charge in [0.2, 0.25) is 5.95 Å². The van der Waals surface area contributed by atoms with Crippen LogP contribution in [0.3, 0.4) is 0 Å². The molecule has 25 heavy (non-hydrogen) atoms. The van der Waals surface area contributed by atoms with E-state index < -0.39 is 0 Å². The number of ether oxygens (including phenoxy) is 2. The van der Waals surface area contributed by atoms with Gasteiger partial charge in [-0.15, -0.1) is 5.10 Å². The second-order valence-corrected chi connectivity index (χ2v) is 6.26. The molecule has 0 atom stereocenters. The average molecular weight is 364 g/mol. The van der Waals surface area contributed by atoms with E-state index in [1.807, 2.05) is 0 Å². The molecule has 0 aliphatic carbocycles. The molecule has 2 heterocycles. The summed E-state index contributed by atoms with van der Waals surface area (Å²) in [4.78, 5) is 6.78. The van der Waals surface area contributed by atoms with Crippen LogP contribution in [0.1, 0.15) is 25.7 Å². The third-order valence-electron chi connectivity index (χ3n) is 4.17. The first-order chi connectivity index (χ1) is 12.2. The van der Waals surface area contributed by atoms with Crippen LogP contribution in [0.4, 0.5) is 17.5 Å². The number of rotatable bonds is 5. The van der Waals surface area contributed by atoms with Crippen LogP contribution in [0.25, 0.3) is 0 Å². The molecule has 1 aromatic carbocycles. The Balaban J connectivity index is 1.84. The van der Waals surface area contributed by atoms with E-state index in [4.69, 9.17) is 21.1 Å². The van der Waals surface area contributed by atoms with Crippen molar-refractivity contribution in [1.29, 1.82) is 0 Å². The van der Waals surface area contributed by atoms with E-state index in [2.05, 4.69) is 25.4 Å². The van der Waals surface area contributed by atoms with Gasteiger partial charge >= 0.3 is 0 Å². The van der Waals surface area contributed by atoms with E-state index in [9.17, 15) is 0 Å². The Bertz CT molecular complexity index is 720. The summed E-state index contributed by atoms with van der Waals surface area (Å²) in [6.07, 6.45) is 6.40. The quantitative estimate of drug-likeness (QED) is 0.868. The molecule has 1 aliphatic heterocycles. The second kappa shape index (κ2) is 8.20. The van der Waals surface area contributed by atoms with Gasteiger partial charge in [0.1, 0.15) is 11.5 Å². The molecule has 1 aromatic heterocycles. The number of aromatic nitrogens is 3. The number of benzene rings is 1. The third kappa shape index (κ3) is 4.22. The van der Waals surface area contributed by atoms with Crippen molar-refractivity contribution in [3.05, 3.63) is 23.4 Å². The number of halogens is 1. The van der Waals surface area contributed by atoms with Gasteiger partial charge in [0.05, 0.1) is 31.1 Å². The van der Waals surface area contributed by atoms with Gasteiger partial charge in [0, 0.05) is 25.2 Å². The lowest BCUT2D eigenvalue weighted by atomic mass is 10.2. The smallest absolute Gasteiger partial charge is 0.247 e. The second-order valence-electron chi connectivity index (χ2n) is 5.85. The van der Waals surface area contributed by atoms with Crippen LogP contribution in [0.15, 0.2) is 18.3 Å².